The van der Waals surface area contributed by atoms with E-state index in [1.165, 1.54) is 19.4 Å². The van der Waals surface area contributed by atoms with E-state index in [1.807, 2.05) is 13.0 Å². The Morgan fingerprint density at radius 3 is 3.06 bits per heavy atom. The first-order chi connectivity index (χ1) is 8.16. The van der Waals surface area contributed by atoms with Crippen LogP contribution < -0.4 is 4.74 Å². The van der Waals surface area contributed by atoms with Crippen LogP contribution in [0.2, 0.25) is 0 Å². The molecule has 0 aromatic carbocycles. The Morgan fingerprint density at radius 1 is 1.59 bits per heavy atom. The minimum Gasteiger partial charge on any atom is -0.478 e. The highest BCUT2D eigenvalue weighted by molar-refractivity contribution is 9.10. The summed E-state index contributed by atoms with van der Waals surface area (Å²) in [4.78, 5) is 6.66. The number of ether oxygens (including phenoxy) is 1. The number of pyridine rings is 1. The topological polar surface area (TPSA) is 25.4 Å². The SMILES string of the molecule is Cc1cc(OCCC2CCCN2C)ncc1Br. The van der Waals surface area contributed by atoms with E-state index in [0.717, 1.165) is 28.9 Å². The van der Waals surface area contributed by atoms with Gasteiger partial charge in [-0.15, -0.1) is 0 Å². The zero-order valence-corrected chi connectivity index (χ0v) is 12.0. The van der Waals surface area contributed by atoms with Crippen molar-refractivity contribution < 1.29 is 4.74 Å². The molecule has 3 nitrogen and oxygen atoms in total. The average molecular weight is 299 g/mol. The van der Waals surface area contributed by atoms with Gasteiger partial charge in [0.15, 0.2) is 0 Å². The van der Waals surface area contributed by atoms with E-state index in [2.05, 4.69) is 32.9 Å². The van der Waals surface area contributed by atoms with Gasteiger partial charge in [0.1, 0.15) is 0 Å². The number of aryl methyl sites for hydroxylation is 1. The number of halogens is 1. The fourth-order valence-electron chi connectivity index (χ4n) is 2.24. The maximum absolute atomic E-state index is 5.69. The molecule has 1 aliphatic heterocycles. The second-order valence-corrected chi connectivity index (χ2v) is 5.54. The van der Waals surface area contributed by atoms with Crippen LogP contribution in [0, 0.1) is 6.92 Å². The summed E-state index contributed by atoms with van der Waals surface area (Å²) >= 11 is 3.43. The maximum Gasteiger partial charge on any atom is 0.213 e. The zero-order valence-electron chi connectivity index (χ0n) is 10.4. The van der Waals surface area contributed by atoms with E-state index in [9.17, 15) is 0 Å². The predicted octanol–water partition coefficient (Wildman–Crippen LogP) is 3.02. The van der Waals surface area contributed by atoms with Gasteiger partial charge in [0.05, 0.1) is 6.61 Å². The van der Waals surface area contributed by atoms with Crippen LogP contribution in [0.25, 0.3) is 0 Å². The van der Waals surface area contributed by atoms with Crippen LogP contribution in [0.3, 0.4) is 0 Å². The number of nitrogens with zero attached hydrogens (tertiary/aromatic N) is 2. The first-order valence-electron chi connectivity index (χ1n) is 6.12. The monoisotopic (exact) mass is 298 g/mol. The summed E-state index contributed by atoms with van der Waals surface area (Å²) in [5, 5.41) is 0. The molecule has 0 amide bonds. The Hall–Kier alpha value is -0.610. The van der Waals surface area contributed by atoms with Crippen LogP contribution >= 0.6 is 15.9 Å². The minimum atomic E-state index is 0.687. The Labute approximate surface area is 111 Å². The third-order valence-electron chi connectivity index (χ3n) is 3.39. The molecule has 1 aromatic heterocycles. The van der Waals surface area contributed by atoms with E-state index in [0.29, 0.717) is 6.04 Å². The molecule has 0 spiro atoms. The summed E-state index contributed by atoms with van der Waals surface area (Å²) in [6, 6.07) is 2.66. The molecule has 1 aliphatic rings. The normalized spacial score (nSPS) is 20.8. The summed E-state index contributed by atoms with van der Waals surface area (Å²) in [5.74, 6) is 0.728. The molecule has 0 saturated carbocycles. The lowest BCUT2D eigenvalue weighted by Crippen LogP contribution is -2.26. The standard InChI is InChI=1S/C13H19BrN2O/c1-10-8-13(15-9-12(10)14)17-7-5-11-4-3-6-16(11)2/h8-9,11H,3-7H2,1-2H3. The van der Waals surface area contributed by atoms with E-state index in [1.54, 1.807) is 6.20 Å². The van der Waals surface area contributed by atoms with Gasteiger partial charge in [-0.25, -0.2) is 4.98 Å². The Kier molecular flexibility index (Phi) is 4.40. The Bertz CT molecular complexity index is 384. The molecule has 2 heterocycles. The summed E-state index contributed by atoms with van der Waals surface area (Å²) in [6.07, 6.45) is 5.50. The lowest BCUT2D eigenvalue weighted by atomic mass is 10.1. The van der Waals surface area contributed by atoms with Crippen molar-refractivity contribution >= 4 is 15.9 Å². The highest BCUT2D eigenvalue weighted by Gasteiger charge is 2.20. The quantitative estimate of drug-likeness (QED) is 0.854. The molecule has 17 heavy (non-hydrogen) atoms. The molecule has 1 aromatic rings. The molecular formula is C13H19BrN2O. The van der Waals surface area contributed by atoms with E-state index >= 15 is 0 Å². The number of rotatable bonds is 4. The van der Waals surface area contributed by atoms with Crippen LogP contribution in [0.1, 0.15) is 24.8 Å². The summed E-state index contributed by atoms with van der Waals surface area (Å²) in [6.45, 7) is 4.02. The molecule has 4 heteroatoms. The van der Waals surface area contributed by atoms with E-state index < -0.39 is 0 Å². The smallest absolute Gasteiger partial charge is 0.213 e. The van der Waals surface area contributed by atoms with Crippen LogP contribution in [0.15, 0.2) is 16.7 Å². The van der Waals surface area contributed by atoms with Crippen molar-refractivity contribution in [2.45, 2.75) is 32.2 Å². The van der Waals surface area contributed by atoms with Crippen LogP contribution in [-0.2, 0) is 0 Å². The van der Waals surface area contributed by atoms with Crippen molar-refractivity contribution in [1.29, 1.82) is 0 Å². The molecule has 1 saturated heterocycles. The van der Waals surface area contributed by atoms with Gasteiger partial charge < -0.3 is 9.64 Å². The fraction of sp³-hybridized carbons (Fsp3) is 0.615. The minimum absolute atomic E-state index is 0.687. The predicted molar refractivity (Wildman–Crippen MR) is 72.4 cm³/mol. The lowest BCUT2D eigenvalue weighted by Gasteiger charge is -2.19. The summed E-state index contributed by atoms with van der Waals surface area (Å²) in [5.41, 5.74) is 1.16. The van der Waals surface area contributed by atoms with Crippen molar-refractivity contribution in [3.63, 3.8) is 0 Å². The Morgan fingerprint density at radius 2 is 2.41 bits per heavy atom. The van der Waals surface area contributed by atoms with Crippen LogP contribution in [0.5, 0.6) is 5.88 Å². The highest BCUT2D eigenvalue weighted by atomic mass is 79.9. The maximum atomic E-state index is 5.69. The van der Waals surface area contributed by atoms with Crippen molar-refractivity contribution in [3.8, 4) is 5.88 Å². The molecule has 0 bridgehead atoms. The first kappa shape index (κ1) is 12.8. The number of hydrogen-bond donors (Lipinski definition) is 0. The van der Waals surface area contributed by atoms with Gasteiger partial charge >= 0.3 is 0 Å². The van der Waals surface area contributed by atoms with Crippen molar-refractivity contribution in [2.75, 3.05) is 20.2 Å². The highest BCUT2D eigenvalue weighted by Crippen LogP contribution is 2.20. The number of likely N-dealkylation sites (tertiary alicyclic amines) is 1. The van der Waals surface area contributed by atoms with Crippen molar-refractivity contribution in [2.24, 2.45) is 0 Å². The summed E-state index contributed by atoms with van der Waals surface area (Å²) in [7, 11) is 2.19. The molecule has 94 valence electrons. The third kappa shape index (κ3) is 3.42. The first-order valence-corrected chi connectivity index (χ1v) is 6.91. The number of hydrogen-bond acceptors (Lipinski definition) is 3. The third-order valence-corrected chi connectivity index (χ3v) is 4.22. The van der Waals surface area contributed by atoms with Gasteiger partial charge in [0.25, 0.3) is 0 Å². The van der Waals surface area contributed by atoms with Gasteiger partial charge in [-0.05, 0) is 61.3 Å². The summed E-state index contributed by atoms with van der Waals surface area (Å²) < 4.78 is 6.72. The van der Waals surface area contributed by atoms with Crippen LogP contribution in [-0.4, -0.2) is 36.1 Å². The molecule has 1 fully saturated rings. The zero-order chi connectivity index (χ0) is 12.3. The molecule has 0 radical (unpaired) electrons. The largest absolute Gasteiger partial charge is 0.478 e. The fourth-order valence-corrected chi connectivity index (χ4v) is 2.45. The molecule has 1 atom stereocenters. The second kappa shape index (κ2) is 5.83. The average Bonchev–Trinajstić information content (AvgIpc) is 2.70. The van der Waals surface area contributed by atoms with Gasteiger partial charge in [-0.1, -0.05) is 0 Å². The second-order valence-electron chi connectivity index (χ2n) is 4.69. The van der Waals surface area contributed by atoms with Crippen molar-refractivity contribution in [3.05, 3.63) is 22.3 Å². The lowest BCUT2D eigenvalue weighted by molar-refractivity contribution is 0.228. The van der Waals surface area contributed by atoms with E-state index in [4.69, 9.17) is 4.74 Å². The number of aromatic nitrogens is 1. The van der Waals surface area contributed by atoms with Crippen LogP contribution in [0.4, 0.5) is 0 Å². The van der Waals surface area contributed by atoms with Crippen molar-refractivity contribution in [1.82, 2.24) is 9.88 Å². The van der Waals surface area contributed by atoms with Gasteiger partial charge in [0, 0.05) is 22.8 Å². The molecular weight excluding hydrogens is 280 g/mol. The molecule has 2 rings (SSSR count). The molecule has 0 aliphatic carbocycles. The van der Waals surface area contributed by atoms with Gasteiger partial charge in [0.2, 0.25) is 5.88 Å². The van der Waals surface area contributed by atoms with E-state index in [-0.39, 0.29) is 0 Å². The molecule has 1 unspecified atom stereocenters. The van der Waals surface area contributed by atoms with Gasteiger partial charge in [-0.3, -0.25) is 0 Å². The Balaban J connectivity index is 1.79. The van der Waals surface area contributed by atoms with Gasteiger partial charge in [-0.2, -0.15) is 0 Å². The molecule has 0 N–H and O–H groups in total.